The Labute approximate surface area is 207 Å². The molecule has 0 saturated carbocycles. The lowest BCUT2D eigenvalue weighted by Crippen LogP contribution is -1.94. The van der Waals surface area contributed by atoms with Crippen LogP contribution in [0.1, 0.15) is 17.0 Å². The molecule has 9 heteroatoms. The molecular weight excluding hydrogens is 541 g/mol. The fraction of sp³-hybridized carbons (Fsp3) is 0.120. The highest BCUT2D eigenvalue weighted by Gasteiger charge is 2.19. The van der Waals surface area contributed by atoms with Crippen LogP contribution in [0.5, 0.6) is 5.75 Å². The van der Waals surface area contributed by atoms with Crippen molar-refractivity contribution in [2.45, 2.75) is 11.4 Å². The van der Waals surface area contributed by atoms with E-state index in [0.717, 1.165) is 71.7 Å². The van der Waals surface area contributed by atoms with Gasteiger partial charge < -0.3 is 19.7 Å². The number of alkyl halides is 1. The number of hydrogen-bond acceptors (Lipinski definition) is 5. The molecule has 8 nitrogen and oxygen atoms in total. The summed E-state index contributed by atoms with van der Waals surface area (Å²) in [6.07, 6.45) is 0. The van der Waals surface area contributed by atoms with E-state index < -0.39 is 0 Å². The molecule has 0 unspecified atom stereocenters. The van der Waals surface area contributed by atoms with Gasteiger partial charge in [0.1, 0.15) is 23.0 Å². The summed E-state index contributed by atoms with van der Waals surface area (Å²) in [6, 6.07) is 15.7. The highest BCUT2D eigenvalue weighted by Crippen LogP contribution is 2.38. The van der Waals surface area contributed by atoms with Crippen molar-refractivity contribution in [2.24, 2.45) is 0 Å². The summed E-state index contributed by atoms with van der Waals surface area (Å²) in [4.78, 5) is 24.3. The number of benzene rings is 3. The Morgan fingerprint density at radius 1 is 0.941 bits per heavy atom. The lowest BCUT2D eigenvalue weighted by molar-refractivity contribution is 0.420. The molecule has 0 saturated heterocycles. The third-order valence-electron chi connectivity index (χ3n) is 5.89. The molecule has 0 spiro atoms. The Bertz CT molecular complexity index is 1770. The monoisotopic (exact) mass is 559 g/mol. The van der Waals surface area contributed by atoms with Crippen molar-refractivity contribution in [3.8, 4) is 34.6 Å². The van der Waals surface area contributed by atoms with Gasteiger partial charge >= 0.3 is 0 Å². The minimum Gasteiger partial charge on any atom is -0.494 e. The first-order valence-electron chi connectivity index (χ1n) is 10.6. The molecule has 0 atom stereocenters. The molecule has 0 amide bonds. The number of hydrogen-bond donors (Lipinski definition) is 3. The zero-order valence-electron chi connectivity index (χ0n) is 18.3. The van der Waals surface area contributed by atoms with Crippen LogP contribution >= 0.6 is 22.6 Å². The third kappa shape index (κ3) is 3.21. The van der Waals surface area contributed by atoms with E-state index in [2.05, 4.69) is 59.6 Å². The van der Waals surface area contributed by atoms with Crippen LogP contribution in [0.2, 0.25) is 0 Å². The maximum absolute atomic E-state index is 9.16. The highest BCUT2D eigenvalue weighted by molar-refractivity contribution is 14.1. The molecule has 0 aliphatic rings. The van der Waals surface area contributed by atoms with Crippen molar-refractivity contribution in [2.75, 3.05) is 7.11 Å². The van der Waals surface area contributed by atoms with Gasteiger partial charge in [0.2, 0.25) is 0 Å². The first-order valence-corrected chi connectivity index (χ1v) is 12.1. The van der Waals surface area contributed by atoms with E-state index >= 15 is 0 Å². The molecule has 0 aliphatic heterocycles. The molecule has 3 aromatic carbocycles. The normalized spacial score (nSPS) is 11.5. The quantitative estimate of drug-likeness (QED) is 0.187. The smallest absolute Gasteiger partial charge is 0.155 e. The molecule has 6 rings (SSSR count). The largest absolute Gasteiger partial charge is 0.494 e. The fourth-order valence-electron chi connectivity index (χ4n) is 4.32. The maximum Gasteiger partial charge on any atom is 0.155 e. The number of fused-ring (bicyclic) bond motifs is 3. The number of nitrogens with zero attached hydrogens (tertiary/aromatic N) is 4. The Morgan fingerprint density at radius 2 is 1.68 bits per heavy atom. The van der Waals surface area contributed by atoms with Gasteiger partial charge in [-0.25, -0.2) is 15.0 Å². The standard InChI is InChI=1S/C25H18IN7O/c1-12-28-21-15(10-26)8-16(23(34-2)22(21)29-12)25-31-18-6-4-14(9-20(18)33-25)24-30-17-5-3-13(11-27)7-19(17)32-24/h3-9H,10H2,1-2H3,(H,28,29)(H,30,32)(H,31,33). The van der Waals surface area contributed by atoms with Gasteiger partial charge in [-0.2, -0.15) is 5.26 Å². The second-order valence-corrected chi connectivity index (χ2v) is 8.81. The number of methoxy groups -OCH3 is 1. The van der Waals surface area contributed by atoms with Gasteiger partial charge in [0.15, 0.2) is 5.75 Å². The zero-order chi connectivity index (χ0) is 23.4. The first kappa shape index (κ1) is 20.7. The van der Waals surface area contributed by atoms with Crippen LogP contribution in [0.15, 0.2) is 42.5 Å². The van der Waals surface area contributed by atoms with Gasteiger partial charge in [-0.15, -0.1) is 0 Å². The van der Waals surface area contributed by atoms with Gasteiger partial charge in [0, 0.05) is 9.99 Å². The van der Waals surface area contributed by atoms with Crippen LogP contribution in [0, 0.1) is 18.3 Å². The topological polar surface area (TPSA) is 119 Å². The van der Waals surface area contributed by atoms with E-state index in [-0.39, 0.29) is 0 Å². The summed E-state index contributed by atoms with van der Waals surface area (Å²) in [5.74, 6) is 3.03. The summed E-state index contributed by atoms with van der Waals surface area (Å²) in [7, 11) is 1.66. The third-order valence-corrected chi connectivity index (χ3v) is 6.71. The van der Waals surface area contributed by atoms with E-state index in [4.69, 9.17) is 15.0 Å². The lowest BCUT2D eigenvalue weighted by atomic mass is 10.1. The molecule has 0 radical (unpaired) electrons. The van der Waals surface area contributed by atoms with Crippen molar-refractivity contribution >= 4 is 55.7 Å². The van der Waals surface area contributed by atoms with Gasteiger partial charge in [-0.3, -0.25) is 0 Å². The van der Waals surface area contributed by atoms with Crippen LogP contribution in [0.4, 0.5) is 0 Å². The number of nitriles is 1. The Hall–Kier alpha value is -3.91. The minimum absolute atomic E-state index is 0.598. The maximum atomic E-state index is 9.16. The summed E-state index contributed by atoms with van der Waals surface area (Å²) < 4.78 is 6.61. The van der Waals surface area contributed by atoms with Crippen LogP contribution in [-0.4, -0.2) is 37.0 Å². The van der Waals surface area contributed by atoms with Crippen LogP contribution in [0.25, 0.3) is 55.9 Å². The zero-order valence-corrected chi connectivity index (χ0v) is 20.5. The van der Waals surface area contributed by atoms with Crippen molar-refractivity contribution in [3.63, 3.8) is 0 Å². The number of H-pyrrole nitrogens is 3. The number of halogens is 1. The molecule has 34 heavy (non-hydrogen) atoms. The van der Waals surface area contributed by atoms with Gasteiger partial charge in [-0.1, -0.05) is 22.6 Å². The molecule has 3 aromatic heterocycles. The second kappa shape index (κ2) is 7.85. The molecule has 0 bridgehead atoms. The molecule has 6 aromatic rings. The number of nitrogens with one attached hydrogen (secondary N) is 3. The van der Waals surface area contributed by atoms with E-state index in [1.54, 1.807) is 13.2 Å². The van der Waals surface area contributed by atoms with Crippen molar-refractivity contribution in [1.29, 1.82) is 5.26 Å². The van der Waals surface area contributed by atoms with Crippen molar-refractivity contribution in [3.05, 3.63) is 59.4 Å². The fourth-order valence-corrected chi connectivity index (χ4v) is 4.90. The van der Waals surface area contributed by atoms with Gasteiger partial charge in [0.25, 0.3) is 0 Å². The predicted octanol–water partition coefficient (Wildman–Crippen LogP) is 5.77. The molecule has 3 heterocycles. The molecule has 0 aliphatic carbocycles. The summed E-state index contributed by atoms with van der Waals surface area (Å²) in [5.41, 5.74) is 8.73. The van der Waals surface area contributed by atoms with E-state index in [9.17, 15) is 0 Å². The number of ether oxygens (including phenoxy) is 1. The molecule has 3 N–H and O–H groups in total. The second-order valence-electron chi connectivity index (χ2n) is 8.04. The van der Waals surface area contributed by atoms with Crippen molar-refractivity contribution in [1.82, 2.24) is 29.9 Å². The molecule has 0 fully saturated rings. The number of imidazole rings is 3. The van der Waals surface area contributed by atoms with E-state index in [1.165, 1.54) is 0 Å². The van der Waals surface area contributed by atoms with Crippen LogP contribution in [0.3, 0.4) is 0 Å². The van der Waals surface area contributed by atoms with Crippen LogP contribution < -0.4 is 4.74 Å². The van der Waals surface area contributed by atoms with Crippen molar-refractivity contribution < 1.29 is 4.74 Å². The van der Waals surface area contributed by atoms with E-state index in [0.29, 0.717) is 11.3 Å². The Morgan fingerprint density at radius 3 is 2.44 bits per heavy atom. The minimum atomic E-state index is 0.598. The average molecular weight is 559 g/mol. The number of rotatable bonds is 4. The summed E-state index contributed by atoms with van der Waals surface area (Å²) in [5, 5.41) is 9.16. The Balaban J connectivity index is 1.48. The number of aromatic amines is 3. The number of aryl methyl sites for hydroxylation is 1. The van der Waals surface area contributed by atoms with E-state index in [1.807, 2.05) is 37.3 Å². The molecular formula is C25H18IN7O. The lowest BCUT2D eigenvalue weighted by Gasteiger charge is -2.10. The SMILES string of the molecule is COc1c(-c2nc3ccc(-c4nc5ccc(C#N)cc5[nH]4)cc3[nH]2)cc(CI)c2nc(C)[nH]c12. The predicted molar refractivity (Wildman–Crippen MR) is 140 cm³/mol. The Kier molecular flexibility index (Phi) is 4.77. The first-order chi connectivity index (χ1) is 16.6. The molecule has 166 valence electrons. The summed E-state index contributed by atoms with van der Waals surface area (Å²) in [6.45, 7) is 1.94. The van der Waals surface area contributed by atoms with Gasteiger partial charge in [0.05, 0.1) is 51.9 Å². The average Bonchev–Trinajstić information content (AvgIpc) is 3.57. The summed E-state index contributed by atoms with van der Waals surface area (Å²) >= 11 is 2.35. The number of aromatic nitrogens is 6. The highest BCUT2D eigenvalue weighted by atomic mass is 127. The van der Waals surface area contributed by atoms with Crippen LogP contribution in [-0.2, 0) is 4.43 Å². The van der Waals surface area contributed by atoms with Gasteiger partial charge in [-0.05, 0) is 55.0 Å².